The second kappa shape index (κ2) is 8.21. The van der Waals surface area contributed by atoms with E-state index in [-0.39, 0.29) is 12.1 Å². The van der Waals surface area contributed by atoms with Crippen molar-refractivity contribution >= 4 is 11.8 Å². The Bertz CT molecular complexity index is 772. The Labute approximate surface area is 155 Å². The maximum Gasteiger partial charge on any atom is 0.315 e. The van der Waals surface area contributed by atoms with E-state index in [0.29, 0.717) is 6.54 Å². The molecule has 0 radical (unpaired) electrons. The fraction of sp³-hybridized carbons (Fsp3) is 0.429. The van der Waals surface area contributed by atoms with Gasteiger partial charge in [-0.05, 0) is 67.0 Å². The molecule has 26 heavy (non-hydrogen) atoms. The van der Waals surface area contributed by atoms with E-state index in [1.807, 2.05) is 38.1 Å². The van der Waals surface area contributed by atoms with E-state index in [9.17, 15) is 4.79 Å². The first-order valence-electron chi connectivity index (χ1n) is 9.31. The van der Waals surface area contributed by atoms with Crippen LogP contribution in [0.25, 0.3) is 0 Å². The summed E-state index contributed by atoms with van der Waals surface area (Å²) >= 11 is 0. The van der Waals surface area contributed by atoms with Crippen LogP contribution < -0.4 is 15.5 Å². The molecular weight excluding hydrogens is 324 g/mol. The van der Waals surface area contributed by atoms with Gasteiger partial charge in [-0.1, -0.05) is 18.2 Å². The van der Waals surface area contributed by atoms with E-state index in [4.69, 9.17) is 0 Å². The fourth-order valence-corrected chi connectivity index (χ4v) is 3.35. The molecule has 3 rings (SSSR count). The van der Waals surface area contributed by atoms with E-state index in [2.05, 4.69) is 33.8 Å². The predicted molar refractivity (Wildman–Crippen MR) is 105 cm³/mol. The molecule has 0 saturated heterocycles. The Hall–Kier alpha value is -2.56. The van der Waals surface area contributed by atoms with Gasteiger partial charge in [0.05, 0.1) is 6.04 Å². The lowest BCUT2D eigenvalue weighted by molar-refractivity contribution is 0.237. The molecule has 5 nitrogen and oxygen atoms in total. The molecular formula is C21H28N4O. The lowest BCUT2D eigenvalue weighted by Gasteiger charge is -2.20. The Balaban J connectivity index is 1.55. The third kappa shape index (κ3) is 4.54. The minimum atomic E-state index is -0.154. The summed E-state index contributed by atoms with van der Waals surface area (Å²) in [4.78, 5) is 18.5. The van der Waals surface area contributed by atoms with Crippen LogP contribution in [0.3, 0.4) is 0 Å². The van der Waals surface area contributed by atoms with Crippen molar-refractivity contribution in [3.05, 3.63) is 58.8 Å². The summed E-state index contributed by atoms with van der Waals surface area (Å²) in [5.41, 5.74) is 5.10. The average Bonchev–Trinajstić information content (AvgIpc) is 2.66. The Morgan fingerprint density at radius 2 is 1.92 bits per heavy atom. The van der Waals surface area contributed by atoms with Gasteiger partial charge < -0.3 is 15.5 Å². The lowest BCUT2D eigenvalue weighted by Crippen LogP contribution is -2.36. The number of carbonyl (C=O) groups excluding carboxylic acids is 1. The van der Waals surface area contributed by atoms with E-state index in [1.165, 1.54) is 36.0 Å². The van der Waals surface area contributed by atoms with Crippen molar-refractivity contribution in [1.82, 2.24) is 15.6 Å². The molecule has 1 aliphatic rings. The zero-order valence-corrected chi connectivity index (χ0v) is 15.9. The number of anilines is 1. The highest BCUT2D eigenvalue weighted by Crippen LogP contribution is 2.24. The van der Waals surface area contributed by atoms with Gasteiger partial charge >= 0.3 is 6.03 Å². The molecule has 0 unspecified atom stereocenters. The highest BCUT2D eigenvalue weighted by atomic mass is 16.2. The number of aryl methyl sites for hydroxylation is 2. The highest BCUT2D eigenvalue weighted by molar-refractivity contribution is 5.74. The highest BCUT2D eigenvalue weighted by Gasteiger charge is 2.14. The first-order valence-corrected chi connectivity index (χ1v) is 9.31. The number of aromatic nitrogens is 1. The van der Waals surface area contributed by atoms with Crippen molar-refractivity contribution in [2.45, 2.75) is 45.2 Å². The van der Waals surface area contributed by atoms with Gasteiger partial charge in [-0.3, -0.25) is 0 Å². The first kappa shape index (κ1) is 18.2. The molecule has 1 aromatic heterocycles. The normalized spacial score (nSPS) is 14.3. The number of amides is 2. The van der Waals surface area contributed by atoms with Gasteiger partial charge in [0.2, 0.25) is 0 Å². The molecule has 1 heterocycles. The van der Waals surface area contributed by atoms with Gasteiger partial charge in [0.1, 0.15) is 5.82 Å². The van der Waals surface area contributed by atoms with Crippen LogP contribution in [0.1, 0.15) is 48.1 Å². The summed E-state index contributed by atoms with van der Waals surface area (Å²) < 4.78 is 0. The number of hydrogen-bond acceptors (Lipinski definition) is 3. The molecule has 0 fully saturated rings. The van der Waals surface area contributed by atoms with E-state index < -0.39 is 0 Å². The fourth-order valence-electron chi connectivity index (χ4n) is 3.35. The number of nitrogens with one attached hydrogen (secondary N) is 2. The minimum absolute atomic E-state index is 0.0167. The van der Waals surface area contributed by atoms with Crippen LogP contribution in [-0.4, -0.2) is 25.1 Å². The number of nitrogens with zero attached hydrogens (tertiary/aromatic N) is 2. The lowest BCUT2D eigenvalue weighted by atomic mass is 9.89. The molecule has 0 spiro atoms. The van der Waals surface area contributed by atoms with Crippen LogP contribution in [0.15, 0.2) is 36.5 Å². The smallest absolute Gasteiger partial charge is 0.315 e. The molecule has 0 bridgehead atoms. The van der Waals surface area contributed by atoms with Gasteiger partial charge in [-0.25, -0.2) is 9.78 Å². The van der Waals surface area contributed by atoms with Crippen molar-refractivity contribution in [1.29, 1.82) is 0 Å². The quantitative estimate of drug-likeness (QED) is 0.865. The van der Waals surface area contributed by atoms with Crippen LogP contribution in [-0.2, 0) is 19.4 Å². The number of hydrogen-bond donors (Lipinski definition) is 2. The van der Waals surface area contributed by atoms with Gasteiger partial charge in [0.25, 0.3) is 0 Å². The van der Waals surface area contributed by atoms with Gasteiger partial charge in [-0.15, -0.1) is 0 Å². The zero-order chi connectivity index (χ0) is 18.5. The van der Waals surface area contributed by atoms with Crippen molar-refractivity contribution in [3.8, 4) is 0 Å². The molecule has 0 aliphatic heterocycles. The maximum atomic E-state index is 12.3. The third-order valence-electron chi connectivity index (χ3n) is 4.94. The molecule has 1 aliphatic carbocycles. The summed E-state index contributed by atoms with van der Waals surface area (Å²) in [7, 11) is 3.90. The van der Waals surface area contributed by atoms with Crippen LogP contribution in [0.4, 0.5) is 10.6 Å². The SMILES string of the molecule is C[C@H](NC(=O)NCc1ccnc(N(C)C)c1)c1ccc2c(c1)CCCC2. The number of fused-ring (bicyclic) bond motifs is 1. The Morgan fingerprint density at radius 3 is 2.69 bits per heavy atom. The molecule has 2 amide bonds. The Morgan fingerprint density at radius 1 is 1.15 bits per heavy atom. The third-order valence-corrected chi connectivity index (χ3v) is 4.94. The number of pyridine rings is 1. The molecule has 0 saturated carbocycles. The summed E-state index contributed by atoms with van der Waals surface area (Å²) in [6.07, 6.45) is 6.64. The van der Waals surface area contributed by atoms with Gasteiger partial charge in [0, 0.05) is 26.8 Å². The van der Waals surface area contributed by atoms with E-state index in [0.717, 1.165) is 17.8 Å². The molecule has 2 aromatic rings. The van der Waals surface area contributed by atoms with E-state index in [1.54, 1.807) is 6.20 Å². The van der Waals surface area contributed by atoms with Crippen molar-refractivity contribution < 1.29 is 4.79 Å². The van der Waals surface area contributed by atoms with Gasteiger partial charge in [-0.2, -0.15) is 0 Å². The standard InChI is InChI=1S/C21H28N4O/c1-15(18-9-8-17-6-4-5-7-19(17)13-18)24-21(26)23-14-16-10-11-22-20(12-16)25(2)3/h8-13,15H,4-7,14H2,1-3H3,(H2,23,24,26)/t15-/m0/s1. The molecule has 1 atom stereocenters. The monoisotopic (exact) mass is 352 g/mol. The topological polar surface area (TPSA) is 57.3 Å². The second-order valence-corrected chi connectivity index (χ2v) is 7.20. The molecule has 1 aromatic carbocycles. The number of benzene rings is 1. The number of rotatable bonds is 5. The van der Waals surface area contributed by atoms with Crippen LogP contribution >= 0.6 is 0 Å². The second-order valence-electron chi connectivity index (χ2n) is 7.20. The minimum Gasteiger partial charge on any atom is -0.363 e. The van der Waals surface area contributed by atoms with Crippen LogP contribution in [0.2, 0.25) is 0 Å². The zero-order valence-electron chi connectivity index (χ0n) is 15.9. The van der Waals surface area contributed by atoms with Crippen molar-refractivity contribution in [2.75, 3.05) is 19.0 Å². The molecule has 5 heteroatoms. The number of urea groups is 1. The maximum absolute atomic E-state index is 12.3. The largest absolute Gasteiger partial charge is 0.363 e. The van der Waals surface area contributed by atoms with Gasteiger partial charge in [0.15, 0.2) is 0 Å². The van der Waals surface area contributed by atoms with Crippen molar-refractivity contribution in [3.63, 3.8) is 0 Å². The van der Waals surface area contributed by atoms with Crippen LogP contribution in [0.5, 0.6) is 0 Å². The Kier molecular flexibility index (Phi) is 5.76. The summed E-state index contributed by atoms with van der Waals surface area (Å²) in [6.45, 7) is 2.51. The summed E-state index contributed by atoms with van der Waals surface area (Å²) in [5.74, 6) is 0.882. The number of carbonyl (C=O) groups is 1. The first-order chi connectivity index (χ1) is 12.5. The molecule has 138 valence electrons. The summed E-state index contributed by atoms with van der Waals surface area (Å²) in [6, 6.07) is 10.3. The molecule has 2 N–H and O–H groups in total. The van der Waals surface area contributed by atoms with E-state index >= 15 is 0 Å². The summed E-state index contributed by atoms with van der Waals surface area (Å²) in [5, 5.41) is 5.97. The van der Waals surface area contributed by atoms with Crippen molar-refractivity contribution in [2.24, 2.45) is 0 Å². The predicted octanol–water partition coefficient (Wildman–Crippen LogP) is 3.59. The van der Waals surface area contributed by atoms with Crippen LogP contribution in [0, 0.1) is 0 Å². The average molecular weight is 352 g/mol.